The molecule has 1 aromatic carbocycles. The van der Waals surface area contributed by atoms with E-state index in [0.717, 1.165) is 0 Å². The fourth-order valence-electron chi connectivity index (χ4n) is 1.43. The van der Waals surface area contributed by atoms with Crippen LogP contribution in [0.15, 0.2) is 23.6 Å². The van der Waals surface area contributed by atoms with E-state index in [1.807, 2.05) is 6.07 Å². The Labute approximate surface area is 124 Å². The van der Waals surface area contributed by atoms with Crippen LogP contribution in [0.1, 0.15) is 23.0 Å². The van der Waals surface area contributed by atoms with E-state index in [0.29, 0.717) is 28.0 Å². The highest BCUT2D eigenvalue weighted by Crippen LogP contribution is 2.28. The molecule has 0 amide bonds. The molecule has 0 fully saturated rings. The van der Waals surface area contributed by atoms with Gasteiger partial charge in [0.1, 0.15) is 0 Å². The average Bonchev–Trinajstić information content (AvgIpc) is 2.90. The van der Waals surface area contributed by atoms with Crippen LogP contribution in [0.3, 0.4) is 0 Å². The van der Waals surface area contributed by atoms with Gasteiger partial charge in [-0.25, -0.2) is 9.78 Å². The molecule has 2 rings (SSSR count). The van der Waals surface area contributed by atoms with E-state index in [9.17, 15) is 4.79 Å². The number of nitriles is 1. The molecule has 5 nitrogen and oxygen atoms in total. The van der Waals surface area contributed by atoms with Crippen LogP contribution >= 0.6 is 22.9 Å². The molecule has 0 aliphatic carbocycles. The topological polar surface area (TPSA) is 75.0 Å². The lowest BCUT2D eigenvalue weighted by Crippen LogP contribution is -2.05. The summed E-state index contributed by atoms with van der Waals surface area (Å²) in [7, 11) is 0. The molecule has 0 spiro atoms. The number of esters is 1. The third-order valence-corrected chi connectivity index (χ3v) is 3.40. The number of carbonyl (C=O) groups is 1. The average molecular weight is 308 g/mol. The van der Waals surface area contributed by atoms with E-state index < -0.39 is 5.97 Å². The number of benzene rings is 1. The minimum atomic E-state index is -0.456. The number of ether oxygens (including phenoxy) is 1. The Morgan fingerprint density at radius 1 is 1.60 bits per heavy atom. The quantitative estimate of drug-likeness (QED) is 0.874. The second-order valence-corrected chi connectivity index (χ2v) is 4.96. The molecule has 7 heteroatoms. The van der Waals surface area contributed by atoms with Gasteiger partial charge in [0.2, 0.25) is 0 Å². The monoisotopic (exact) mass is 307 g/mol. The van der Waals surface area contributed by atoms with Crippen LogP contribution < -0.4 is 5.32 Å². The fraction of sp³-hybridized carbons (Fsp3) is 0.154. The van der Waals surface area contributed by atoms with Crippen molar-refractivity contribution in [3.05, 3.63) is 39.9 Å². The van der Waals surface area contributed by atoms with E-state index in [2.05, 4.69) is 10.3 Å². The zero-order chi connectivity index (χ0) is 14.5. The van der Waals surface area contributed by atoms with Gasteiger partial charge in [-0.05, 0) is 25.1 Å². The van der Waals surface area contributed by atoms with Crippen LogP contribution in [0, 0.1) is 11.3 Å². The van der Waals surface area contributed by atoms with Gasteiger partial charge in [-0.2, -0.15) is 5.26 Å². The lowest BCUT2D eigenvalue weighted by Gasteiger charge is -2.05. The van der Waals surface area contributed by atoms with Gasteiger partial charge in [-0.15, -0.1) is 11.3 Å². The second kappa shape index (κ2) is 6.37. The summed E-state index contributed by atoms with van der Waals surface area (Å²) in [5.41, 5.74) is 1.35. The predicted octanol–water partition coefficient (Wildman–Crippen LogP) is 3.59. The molecule has 102 valence electrons. The maximum atomic E-state index is 11.5. The van der Waals surface area contributed by atoms with E-state index in [-0.39, 0.29) is 5.69 Å². The summed E-state index contributed by atoms with van der Waals surface area (Å²) in [5, 5.41) is 14.3. The summed E-state index contributed by atoms with van der Waals surface area (Å²) < 4.78 is 4.86. The van der Waals surface area contributed by atoms with E-state index in [4.69, 9.17) is 21.6 Å². The first-order valence-electron chi connectivity index (χ1n) is 5.73. The van der Waals surface area contributed by atoms with Gasteiger partial charge < -0.3 is 10.1 Å². The third-order valence-electron chi connectivity index (χ3n) is 2.33. The molecule has 2 aromatic rings. The molecule has 1 N–H and O–H groups in total. The number of anilines is 2. The van der Waals surface area contributed by atoms with Crippen LogP contribution in [-0.4, -0.2) is 17.6 Å². The molecular formula is C13H10ClN3O2S. The zero-order valence-electron chi connectivity index (χ0n) is 10.5. The van der Waals surface area contributed by atoms with E-state index in [1.165, 1.54) is 11.3 Å². The first-order chi connectivity index (χ1) is 9.63. The van der Waals surface area contributed by atoms with Crippen molar-refractivity contribution < 1.29 is 9.53 Å². The van der Waals surface area contributed by atoms with Gasteiger partial charge in [-0.3, -0.25) is 0 Å². The first kappa shape index (κ1) is 14.3. The Balaban J connectivity index is 2.15. The van der Waals surface area contributed by atoms with Crippen LogP contribution in [0.5, 0.6) is 0 Å². The summed E-state index contributed by atoms with van der Waals surface area (Å²) in [4.78, 5) is 15.6. The summed E-state index contributed by atoms with van der Waals surface area (Å²) in [5.74, 6) is -0.456. The molecule has 1 aromatic heterocycles. The highest BCUT2D eigenvalue weighted by molar-refractivity contribution is 7.14. The summed E-state index contributed by atoms with van der Waals surface area (Å²) >= 11 is 7.32. The van der Waals surface area contributed by atoms with Crippen molar-refractivity contribution in [2.75, 3.05) is 11.9 Å². The van der Waals surface area contributed by atoms with Crippen LogP contribution in [0.2, 0.25) is 5.02 Å². The number of hydrogen-bond donors (Lipinski definition) is 1. The Morgan fingerprint density at radius 2 is 2.40 bits per heavy atom. The van der Waals surface area contributed by atoms with Crippen molar-refractivity contribution in [3.63, 3.8) is 0 Å². The number of halogens is 1. The van der Waals surface area contributed by atoms with Crippen molar-refractivity contribution >= 4 is 39.7 Å². The molecule has 0 saturated heterocycles. The maximum absolute atomic E-state index is 11.5. The Kier molecular flexibility index (Phi) is 4.56. The SMILES string of the molecule is CCOC(=O)c1csc(Nc2ccc(C#N)cc2Cl)n1. The van der Waals surface area contributed by atoms with Gasteiger partial charge in [-0.1, -0.05) is 11.6 Å². The molecule has 0 unspecified atom stereocenters. The van der Waals surface area contributed by atoms with E-state index >= 15 is 0 Å². The zero-order valence-corrected chi connectivity index (χ0v) is 12.1. The van der Waals surface area contributed by atoms with Gasteiger partial charge in [0, 0.05) is 5.38 Å². The standard InChI is InChI=1S/C13H10ClN3O2S/c1-2-19-12(18)11-7-20-13(17-11)16-10-4-3-8(6-15)5-9(10)14/h3-5,7H,2H2,1H3,(H,16,17). The first-order valence-corrected chi connectivity index (χ1v) is 6.99. The molecule has 1 heterocycles. The molecule has 0 aliphatic heterocycles. The van der Waals surface area contributed by atoms with Crippen molar-refractivity contribution in [3.8, 4) is 6.07 Å². The third kappa shape index (κ3) is 3.26. The molecule has 0 atom stereocenters. The highest BCUT2D eigenvalue weighted by atomic mass is 35.5. The number of aromatic nitrogens is 1. The minimum Gasteiger partial charge on any atom is -0.461 e. The molecule has 0 radical (unpaired) electrons. The van der Waals surface area contributed by atoms with Crippen molar-refractivity contribution in [2.24, 2.45) is 0 Å². The summed E-state index contributed by atoms with van der Waals surface area (Å²) in [6, 6.07) is 6.90. The van der Waals surface area contributed by atoms with Crippen LogP contribution in [-0.2, 0) is 4.74 Å². The molecule has 0 saturated carbocycles. The highest BCUT2D eigenvalue weighted by Gasteiger charge is 2.12. The lowest BCUT2D eigenvalue weighted by molar-refractivity contribution is 0.0520. The number of carbonyl (C=O) groups excluding carboxylic acids is 1. The smallest absolute Gasteiger partial charge is 0.357 e. The molecule has 0 bridgehead atoms. The second-order valence-electron chi connectivity index (χ2n) is 3.69. The molecule has 20 heavy (non-hydrogen) atoms. The predicted molar refractivity (Wildman–Crippen MR) is 77.5 cm³/mol. The number of hydrogen-bond acceptors (Lipinski definition) is 6. The summed E-state index contributed by atoms with van der Waals surface area (Å²) in [6.07, 6.45) is 0. The Bertz CT molecular complexity index is 678. The number of rotatable bonds is 4. The van der Waals surface area contributed by atoms with Crippen molar-refractivity contribution in [1.29, 1.82) is 5.26 Å². The van der Waals surface area contributed by atoms with Crippen LogP contribution in [0.25, 0.3) is 0 Å². The normalized spacial score (nSPS) is 9.85. The molecule has 0 aliphatic rings. The van der Waals surface area contributed by atoms with Gasteiger partial charge in [0.05, 0.1) is 28.9 Å². The van der Waals surface area contributed by atoms with E-state index in [1.54, 1.807) is 30.5 Å². The van der Waals surface area contributed by atoms with Crippen LogP contribution in [0.4, 0.5) is 10.8 Å². The maximum Gasteiger partial charge on any atom is 0.357 e. The number of nitrogens with zero attached hydrogens (tertiary/aromatic N) is 2. The van der Waals surface area contributed by atoms with Gasteiger partial charge >= 0.3 is 5.97 Å². The number of nitrogens with one attached hydrogen (secondary N) is 1. The van der Waals surface area contributed by atoms with Crippen molar-refractivity contribution in [1.82, 2.24) is 4.98 Å². The fourth-order valence-corrected chi connectivity index (χ4v) is 2.35. The molecular weight excluding hydrogens is 298 g/mol. The summed E-state index contributed by atoms with van der Waals surface area (Å²) in [6.45, 7) is 2.04. The van der Waals surface area contributed by atoms with Gasteiger partial charge in [0.15, 0.2) is 10.8 Å². The van der Waals surface area contributed by atoms with Gasteiger partial charge in [0.25, 0.3) is 0 Å². The Morgan fingerprint density at radius 3 is 3.05 bits per heavy atom. The largest absolute Gasteiger partial charge is 0.461 e. The van der Waals surface area contributed by atoms with Crippen molar-refractivity contribution in [2.45, 2.75) is 6.92 Å². The Hall–Kier alpha value is -2.10. The lowest BCUT2D eigenvalue weighted by atomic mass is 10.2. The number of thiazole rings is 1. The minimum absolute atomic E-state index is 0.254.